The minimum atomic E-state index is -0.396. The molecule has 2 rings (SSSR count). The van der Waals surface area contributed by atoms with Gasteiger partial charge in [0.15, 0.2) is 0 Å². The normalized spacial score (nSPS) is 22.6. The van der Waals surface area contributed by atoms with E-state index in [1.54, 1.807) is 0 Å². The lowest BCUT2D eigenvalue weighted by molar-refractivity contribution is -0.170. The van der Waals surface area contributed by atoms with Crippen LogP contribution in [0.3, 0.4) is 0 Å². The highest BCUT2D eigenvalue weighted by Crippen LogP contribution is 2.41. The molecule has 0 radical (unpaired) electrons. The fourth-order valence-electron chi connectivity index (χ4n) is 7.24. The Labute approximate surface area is 230 Å². The molecule has 0 aromatic heterocycles. The smallest absolute Gasteiger partial charge is 0.306 e. The molecule has 0 atom stereocenters. The minimum Gasteiger partial charge on any atom is -0.462 e. The zero-order valence-electron chi connectivity index (χ0n) is 25.6. The SMILES string of the molecule is CCC(=O)N1C(C)(C)CC(OC(=O)CCCCC(=O)OC2CC(C)(C)N(C(=O)CC)C(C)(C)C2)CC1(C)C. The number of amides is 2. The van der Waals surface area contributed by atoms with Crippen LogP contribution in [0.4, 0.5) is 0 Å². The van der Waals surface area contributed by atoms with Crippen molar-refractivity contribution in [3.8, 4) is 0 Å². The van der Waals surface area contributed by atoms with E-state index in [-0.39, 0.29) is 48.8 Å². The van der Waals surface area contributed by atoms with E-state index < -0.39 is 22.2 Å². The van der Waals surface area contributed by atoms with Gasteiger partial charge in [0, 0.05) is 73.5 Å². The van der Waals surface area contributed by atoms with Crippen molar-refractivity contribution in [1.29, 1.82) is 0 Å². The Hall–Kier alpha value is -2.12. The molecular weight excluding hydrogens is 484 g/mol. The van der Waals surface area contributed by atoms with Crippen LogP contribution in [-0.2, 0) is 28.7 Å². The standard InChI is InChI=1S/C30H52N2O6/c1-11-23(33)31-27(3,4)17-21(18-28(31,5)6)37-25(35)15-13-14-16-26(36)38-22-19-29(7,8)32(24(34)12-2)30(9,10)20-22/h21-22H,11-20H2,1-10H3. The summed E-state index contributed by atoms with van der Waals surface area (Å²) < 4.78 is 11.6. The van der Waals surface area contributed by atoms with Crippen LogP contribution in [0.5, 0.6) is 0 Å². The van der Waals surface area contributed by atoms with Crippen LogP contribution in [0.2, 0.25) is 0 Å². The van der Waals surface area contributed by atoms with Crippen LogP contribution in [0.1, 0.15) is 133 Å². The monoisotopic (exact) mass is 536 g/mol. The topological polar surface area (TPSA) is 93.2 Å². The van der Waals surface area contributed by atoms with Crippen molar-refractivity contribution >= 4 is 23.8 Å². The summed E-state index contributed by atoms with van der Waals surface area (Å²) in [6.45, 7) is 20.0. The van der Waals surface area contributed by atoms with Gasteiger partial charge in [0.2, 0.25) is 11.8 Å². The number of hydrogen-bond acceptors (Lipinski definition) is 6. The third kappa shape index (κ3) is 7.72. The molecule has 218 valence electrons. The Morgan fingerprint density at radius 2 is 0.842 bits per heavy atom. The zero-order valence-corrected chi connectivity index (χ0v) is 25.6. The van der Waals surface area contributed by atoms with Gasteiger partial charge in [0.05, 0.1) is 0 Å². The van der Waals surface area contributed by atoms with Crippen molar-refractivity contribution in [2.24, 2.45) is 0 Å². The number of esters is 2. The largest absolute Gasteiger partial charge is 0.462 e. The average Bonchev–Trinajstić information content (AvgIpc) is 2.72. The van der Waals surface area contributed by atoms with Gasteiger partial charge in [-0.25, -0.2) is 0 Å². The van der Waals surface area contributed by atoms with E-state index >= 15 is 0 Å². The number of rotatable bonds is 9. The predicted octanol–water partition coefficient (Wildman–Crippen LogP) is 5.55. The van der Waals surface area contributed by atoms with Crippen LogP contribution >= 0.6 is 0 Å². The van der Waals surface area contributed by atoms with Crippen LogP contribution < -0.4 is 0 Å². The number of hydrogen-bond donors (Lipinski definition) is 0. The Morgan fingerprint density at radius 1 is 0.579 bits per heavy atom. The molecule has 0 aromatic carbocycles. The molecule has 2 aliphatic heterocycles. The number of unbranched alkanes of at least 4 members (excludes halogenated alkanes) is 1. The summed E-state index contributed by atoms with van der Waals surface area (Å²) in [6.07, 6.45) is 4.45. The maximum atomic E-state index is 12.6. The Kier molecular flexibility index (Phi) is 10.1. The van der Waals surface area contributed by atoms with Gasteiger partial charge in [-0.3, -0.25) is 19.2 Å². The van der Waals surface area contributed by atoms with Crippen molar-refractivity contribution in [3.05, 3.63) is 0 Å². The molecule has 0 N–H and O–H groups in total. The van der Waals surface area contributed by atoms with Crippen LogP contribution in [0.25, 0.3) is 0 Å². The molecule has 0 aliphatic carbocycles. The van der Waals surface area contributed by atoms with Crippen molar-refractivity contribution in [1.82, 2.24) is 9.80 Å². The molecular formula is C30H52N2O6. The minimum absolute atomic E-state index is 0.115. The molecule has 0 unspecified atom stereocenters. The van der Waals surface area contributed by atoms with Crippen LogP contribution in [-0.4, -0.2) is 67.9 Å². The molecule has 2 saturated heterocycles. The van der Waals surface area contributed by atoms with Crippen molar-refractivity contribution in [3.63, 3.8) is 0 Å². The lowest BCUT2D eigenvalue weighted by Crippen LogP contribution is -2.64. The summed E-state index contributed by atoms with van der Waals surface area (Å²) in [4.78, 5) is 54.2. The second-order valence-corrected chi connectivity index (χ2v) is 13.7. The van der Waals surface area contributed by atoms with E-state index in [9.17, 15) is 19.2 Å². The summed E-state index contributed by atoms with van der Waals surface area (Å²) in [5.41, 5.74) is -1.58. The van der Waals surface area contributed by atoms with Gasteiger partial charge in [-0.05, 0) is 68.2 Å². The van der Waals surface area contributed by atoms with Gasteiger partial charge >= 0.3 is 11.9 Å². The number of carbonyl (C=O) groups is 4. The summed E-state index contributed by atoms with van der Waals surface area (Å²) in [5.74, 6) is -0.295. The first-order valence-electron chi connectivity index (χ1n) is 14.4. The first-order valence-corrected chi connectivity index (χ1v) is 14.4. The quantitative estimate of drug-likeness (QED) is 0.283. The van der Waals surface area contributed by atoms with Crippen molar-refractivity contribution in [2.45, 2.75) is 168 Å². The molecule has 0 saturated carbocycles. The molecule has 2 heterocycles. The molecule has 2 fully saturated rings. The van der Waals surface area contributed by atoms with Crippen molar-refractivity contribution in [2.75, 3.05) is 0 Å². The van der Waals surface area contributed by atoms with Gasteiger partial charge in [-0.1, -0.05) is 13.8 Å². The van der Waals surface area contributed by atoms with E-state index in [1.165, 1.54) is 0 Å². The molecule has 2 amide bonds. The fraction of sp³-hybridized carbons (Fsp3) is 0.867. The lowest BCUT2D eigenvalue weighted by Gasteiger charge is -2.55. The number of piperidine rings is 2. The highest BCUT2D eigenvalue weighted by atomic mass is 16.5. The summed E-state index contributed by atoms with van der Waals surface area (Å²) in [6, 6.07) is 0. The van der Waals surface area contributed by atoms with Gasteiger partial charge in [0.25, 0.3) is 0 Å². The first-order chi connectivity index (χ1) is 17.4. The van der Waals surface area contributed by atoms with Gasteiger partial charge < -0.3 is 19.3 Å². The molecule has 0 aromatic rings. The van der Waals surface area contributed by atoms with E-state index in [2.05, 4.69) is 0 Å². The number of carbonyl (C=O) groups excluding carboxylic acids is 4. The molecule has 8 nitrogen and oxygen atoms in total. The van der Waals surface area contributed by atoms with Crippen LogP contribution in [0, 0.1) is 0 Å². The van der Waals surface area contributed by atoms with E-state index in [4.69, 9.17) is 9.47 Å². The maximum absolute atomic E-state index is 12.6. The third-order valence-corrected chi connectivity index (χ3v) is 8.04. The van der Waals surface area contributed by atoms with Gasteiger partial charge in [-0.15, -0.1) is 0 Å². The Bertz CT molecular complexity index is 783. The second-order valence-electron chi connectivity index (χ2n) is 13.7. The highest BCUT2D eigenvalue weighted by Gasteiger charge is 2.49. The number of likely N-dealkylation sites (tertiary alicyclic amines) is 2. The van der Waals surface area contributed by atoms with Crippen molar-refractivity contribution < 1.29 is 28.7 Å². The average molecular weight is 537 g/mol. The maximum Gasteiger partial charge on any atom is 0.306 e. The highest BCUT2D eigenvalue weighted by molar-refractivity contribution is 5.78. The van der Waals surface area contributed by atoms with Gasteiger partial charge in [0.1, 0.15) is 12.2 Å². The second kappa shape index (κ2) is 12.0. The zero-order chi connectivity index (χ0) is 29.1. The van der Waals surface area contributed by atoms with E-state index in [0.717, 1.165) is 0 Å². The fourth-order valence-corrected chi connectivity index (χ4v) is 7.24. The summed E-state index contributed by atoms with van der Waals surface area (Å²) >= 11 is 0. The Balaban J connectivity index is 1.79. The predicted molar refractivity (Wildman–Crippen MR) is 147 cm³/mol. The van der Waals surface area contributed by atoms with Gasteiger partial charge in [-0.2, -0.15) is 0 Å². The van der Waals surface area contributed by atoms with Crippen LogP contribution in [0.15, 0.2) is 0 Å². The summed E-state index contributed by atoms with van der Waals surface area (Å²) in [5, 5.41) is 0. The molecule has 8 heteroatoms. The third-order valence-electron chi connectivity index (χ3n) is 8.04. The molecule has 2 aliphatic rings. The molecule has 0 bridgehead atoms. The summed E-state index contributed by atoms with van der Waals surface area (Å²) in [7, 11) is 0. The number of nitrogens with zero attached hydrogens (tertiary/aromatic N) is 2. The lowest BCUT2D eigenvalue weighted by atomic mass is 9.77. The Morgan fingerprint density at radius 3 is 1.08 bits per heavy atom. The first kappa shape index (κ1) is 32.1. The number of ether oxygens (including phenoxy) is 2. The molecule has 38 heavy (non-hydrogen) atoms. The van der Waals surface area contributed by atoms with E-state index in [0.29, 0.717) is 51.4 Å². The van der Waals surface area contributed by atoms with E-state index in [1.807, 2.05) is 79.0 Å². The molecule has 0 spiro atoms.